The second-order valence-electron chi connectivity index (χ2n) is 5.94. The monoisotopic (exact) mass is 396 g/mol. The first kappa shape index (κ1) is 18.0. The third-order valence-corrected chi connectivity index (χ3v) is 5.11. The van der Waals surface area contributed by atoms with Gasteiger partial charge in [0.05, 0.1) is 29.5 Å². The predicted octanol–water partition coefficient (Wildman–Crippen LogP) is 1.87. The molecule has 1 aromatic carbocycles. The van der Waals surface area contributed by atoms with E-state index in [4.69, 9.17) is 4.42 Å². The van der Waals surface area contributed by atoms with Gasteiger partial charge in [-0.25, -0.2) is 4.98 Å². The van der Waals surface area contributed by atoms with Crippen LogP contribution in [0.4, 0.5) is 0 Å². The molecule has 2 N–H and O–H groups in total. The molecule has 0 unspecified atom stereocenters. The van der Waals surface area contributed by atoms with Crippen LogP contribution in [0, 0.1) is 0 Å². The lowest BCUT2D eigenvalue weighted by Gasteiger charge is -2.05. The molecule has 3 aromatic heterocycles. The van der Waals surface area contributed by atoms with Gasteiger partial charge in [0.15, 0.2) is 16.7 Å². The van der Waals surface area contributed by atoms with Gasteiger partial charge in [0.2, 0.25) is 0 Å². The molecule has 0 aliphatic carbocycles. The number of fused-ring (bicyclic) bond motifs is 1. The molecule has 0 fully saturated rings. The Kier molecular flexibility index (Phi) is 4.94. The Morgan fingerprint density at radius 1 is 1.25 bits per heavy atom. The first-order valence-electron chi connectivity index (χ1n) is 8.42. The molecule has 28 heavy (non-hydrogen) atoms. The highest BCUT2D eigenvalue weighted by molar-refractivity contribution is 7.98. The fourth-order valence-corrected chi connectivity index (χ4v) is 3.42. The average Bonchev–Trinajstić information content (AvgIpc) is 3.35. The molecule has 0 saturated carbocycles. The van der Waals surface area contributed by atoms with Crippen LogP contribution in [0.15, 0.2) is 57.0 Å². The summed E-state index contributed by atoms with van der Waals surface area (Å²) in [6.07, 6.45) is 1.44. The van der Waals surface area contributed by atoms with Crippen molar-refractivity contribution in [2.24, 2.45) is 7.05 Å². The van der Waals surface area contributed by atoms with E-state index < -0.39 is 0 Å². The van der Waals surface area contributed by atoms with Gasteiger partial charge < -0.3 is 19.3 Å². The molecular formula is C18H16N6O3S. The summed E-state index contributed by atoms with van der Waals surface area (Å²) >= 11 is 1.40. The summed E-state index contributed by atoms with van der Waals surface area (Å²) in [7, 11) is 1.81. The normalized spacial score (nSPS) is 11.0. The van der Waals surface area contributed by atoms with E-state index in [-0.39, 0.29) is 23.8 Å². The number of amides is 1. The zero-order chi connectivity index (χ0) is 19.5. The number of benzene rings is 1. The number of aromatic nitrogens is 5. The lowest BCUT2D eigenvalue weighted by Crippen LogP contribution is -2.24. The zero-order valence-corrected chi connectivity index (χ0v) is 15.7. The van der Waals surface area contributed by atoms with E-state index in [1.54, 1.807) is 34.9 Å². The summed E-state index contributed by atoms with van der Waals surface area (Å²) in [5.74, 6) is 1.51. The van der Waals surface area contributed by atoms with Crippen LogP contribution in [0.5, 0.6) is 0 Å². The maximum Gasteiger partial charge on any atom is 0.287 e. The van der Waals surface area contributed by atoms with Crippen LogP contribution in [-0.4, -0.2) is 30.6 Å². The highest BCUT2D eigenvalue weighted by atomic mass is 32.2. The van der Waals surface area contributed by atoms with Crippen LogP contribution < -0.4 is 10.9 Å². The third kappa shape index (κ3) is 3.67. The van der Waals surface area contributed by atoms with E-state index in [0.29, 0.717) is 33.5 Å². The molecule has 0 saturated heterocycles. The number of H-pyrrole nitrogens is 1. The second kappa shape index (κ2) is 7.69. The summed E-state index contributed by atoms with van der Waals surface area (Å²) in [5, 5.41) is 12.2. The van der Waals surface area contributed by atoms with Crippen molar-refractivity contribution in [3.63, 3.8) is 0 Å². The topological polar surface area (TPSA) is 119 Å². The number of hydrogen-bond donors (Lipinski definition) is 2. The summed E-state index contributed by atoms with van der Waals surface area (Å²) in [6.45, 7) is 0.217. The predicted molar refractivity (Wildman–Crippen MR) is 103 cm³/mol. The van der Waals surface area contributed by atoms with E-state index >= 15 is 0 Å². The largest absolute Gasteiger partial charge is 0.459 e. The van der Waals surface area contributed by atoms with Gasteiger partial charge in [-0.05, 0) is 24.3 Å². The Bertz CT molecular complexity index is 1180. The number of aromatic amines is 1. The molecule has 142 valence electrons. The second-order valence-corrected chi connectivity index (χ2v) is 6.88. The first-order valence-corrected chi connectivity index (χ1v) is 9.41. The summed E-state index contributed by atoms with van der Waals surface area (Å²) < 4.78 is 6.84. The van der Waals surface area contributed by atoms with E-state index in [2.05, 4.69) is 25.5 Å². The maximum absolute atomic E-state index is 12.1. The maximum atomic E-state index is 12.1. The van der Waals surface area contributed by atoms with Crippen molar-refractivity contribution >= 4 is 28.6 Å². The van der Waals surface area contributed by atoms with Gasteiger partial charge in [-0.2, -0.15) is 0 Å². The van der Waals surface area contributed by atoms with Crippen molar-refractivity contribution in [2.75, 3.05) is 0 Å². The molecule has 0 bridgehead atoms. The van der Waals surface area contributed by atoms with Gasteiger partial charge in [0.1, 0.15) is 5.82 Å². The number of hydrogen-bond acceptors (Lipinski definition) is 7. The van der Waals surface area contributed by atoms with Crippen molar-refractivity contribution in [2.45, 2.75) is 17.5 Å². The molecule has 4 rings (SSSR count). The number of carbonyl (C=O) groups excluding carboxylic acids is 1. The van der Waals surface area contributed by atoms with Crippen LogP contribution in [0.2, 0.25) is 0 Å². The van der Waals surface area contributed by atoms with Crippen LogP contribution in [0.3, 0.4) is 0 Å². The van der Waals surface area contributed by atoms with Gasteiger partial charge in [-0.15, -0.1) is 10.2 Å². The van der Waals surface area contributed by atoms with Crippen LogP contribution in [-0.2, 0) is 19.3 Å². The number of furan rings is 1. The average molecular weight is 396 g/mol. The molecule has 3 heterocycles. The molecule has 0 aliphatic rings. The van der Waals surface area contributed by atoms with Crippen LogP contribution >= 0.6 is 11.8 Å². The Labute approximate surface area is 163 Å². The standard InChI is InChI=1S/C18H16N6O3S/c1-24-15(9-19-17(26)13-7-4-8-27-13)22-23-18(24)28-10-14-20-12-6-3-2-5-11(12)16(25)21-14/h2-8H,9-10H2,1H3,(H,19,26)(H,20,21,25). The molecule has 1 amide bonds. The SMILES string of the molecule is Cn1c(CNC(=O)c2ccco2)nnc1SCc1nc2ccccc2c(=O)[nH]1. The smallest absolute Gasteiger partial charge is 0.287 e. The highest BCUT2D eigenvalue weighted by Crippen LogP contribution is 2.19. The van der Waals surface area contributed by atoms with Gasteiger partial charge >= 0.3 is 0 Å². The minimum Gasteiger partial charge on any atom is -0.459 e. The Morgan fingerprint density at radius 2 is 2.11 bits per heavy atom. The molecular weight excluding hydrogens is 380 g/mol. The molecule has 0 aliphatic heterocycles. The Balaban J connectivity index is 1.42. The van der Waals surface area contributed by atoms with E-state index in [1.165, 1.54) is 18.0 Å². The van der Waals surface area contributed by atoms with E-state index in [0.717, 1.165) is 0 Å². The quantitative estimate of drug-likeness (QED) is 0.478. The van der Waals surface area contributed by atoms with Crippen LogP contribution in [0.25, 0.3) is 10.9 Å². The Hall–Kier alpha value is -3.40. The molecule has 10 heteroatoms. The number of nitrogens with zero attached hydrogens (tertiary/aromatic N) is 4. The Morgan fingerprint density at radius 3 is 2.93 bits per heavy atom. The molecule has 9 nitrogen and oxygen atoms in total. The van der Waals surface area contributed by atoms with Crippen molar-refractivity contribution in [3.05, 3.63) is 70.4 Å². The minimum atomic E-state index is -0.319. The fraction of sp³-hybridized carbons (Fsp3) is 0.167. The van der Waals surface area contributed by atoms with Gasteiger partial charge in [0, 0.05) is 7.05 Å². The van der Waals surface area contributed by atoms with Crippen molar-refractivity contribution in [1.82, 2.24) is 30.0 Å². The summed E-state index contributed by atoms with van der Waals surface area (Å²) in [6, 6.07) is 10.4. The summed E-state index contributed by atoms with van der Waals surface area (Å²) in [4.78, 5) is 31.3. The third-order valence-electron chi connectivity index (χ3n) is 4.08. The lowest BCUT2D eigenvalue weighted by atomic mass is 10.2. The molecule has 0 atom stereocenters. The number of carbonyl (C=O) groups is 1. The van der Waals surface area contributed by atoms with Gasteiger partial charge in [-0.3, -0.25) is 9.59 Å². The molecule has 0 radical (unpaired) electrons. The fourth-order valence-electron chi connectivity index (χ4n) is 2.62. The van der Waals surface area contributed by atoms with Crippen molar-refractivity contribution < 1.29 is 9.21 Å². The number of thioether (sulfide) groups is 1. The van der Waals surface area contributed by atoms with E-state index in [9.17, 15) is 9.59 Å². The van der Waals surface area contributed by atoms with Crippen molar-refractivity contribution in [3.8, 4) is 0 Å². The van der Waals surface area contributed by atoms with Crippen LogP contribution in [0.1, 0.15) is 22.2 Å². The molecule has 4 aromatic rings. The number of para-hydroxylation sites is 1. The van der Waals surface area contributed by atoms with Gasteiger partial charge in [0.25, 0.3) is 11.5 Å². The zero-order valence-electron chi connectivity index (χ0n) is 14.9. The summed E-state index contributed by atoms with van der Waals surface area (Å²) in [5.41, 5.74) is 0.488. The van der Waals surface area contributed by atoms with Gasteiger partial charge in [-0.1, -0.05) is 23.9 Å². The lowest BCUT2D eigenvalue weighted by molar-refractivity contribution is 0.0921. The molecule has 0 spiro atoms. The number of rotatable bonds is 6. The number of nitrogens with one attached hydrogen (secondary N) is 2. The van der Waals surface area contributed by atoms with Crippen molar-refractivity contribution in [1.29, 1.82) is 0 Å². The highest BCUT2D eigenvalue weighted by Gasteiger charge is 2.13. The minimum absolute atomic E-state index is 0.166. The van der Waals surface area contributed by atoms with E-state index in [1.807, 2.05) is 13.1 Å². The first-order chi connectivity index (χ1) is 13.6.